The molecule has 0 aromatic heterocycles. The second-order valence-corrected chi connectivity index (χ2v) is 5.10. The van der Waals surface area contributed by atoms with Crippen molar-refractivity contribution >= 4 is 16.7 Å². The van der Waals surface area contributed by atoms with Gasteiger partial charge < -0.3 is 10.4 Å². The zero-order valence-corrected chi connectivity index (χ0v) is 12.4. The summed E-state index contributed by atoms with van der Waals surface area (Å²) in [5.41, 5.74) is 2.09. The highest BCUT2D eigenvalue weighted by atomic mass is 16.3. The SMILES string of the molecule is C=CCc1c(O)ccc2cccc(CCCC(=O)NC)c12. The van der Waals surface area contributed by atoms with E-state index in [1.165, 1.54) is 5.56 Å². The van der Waals surface area contributed by atoms with E-state index in [2.05, 4.69) is 18.0 Å². The molecule has 2 aromatic rings. The fourth-order valence-electron chi connectivity index (χ4n) is 2.65. The molecular formula is C18H21NO2. The molecule has 2 N–H and O–H groups in total. The number of phenolic OH excluding ortho intramolecular Hbond substituents is 1. The summed E-state index contributed by atoms with van der Waals surface area (Å²) in [6.45, 7) is 3.77. The molecule has 21 heavy (non-hydrogen) atoms. The molecule has 0 aliphatic carbocycles. The van der Waals surface area contributed by atoms with Crippen molar-refractivity contribution in [2.75, 3.05) is 7.05 Å². The van der Waals surface area contributed by atoms with Crippen LogP contribution in [0.4, 0.5) is 0 Å². The number of rotatable bonds is 6. The molecule has 0 saturated heterocycles. The van der Waals surface area contributed by atoms with E-state index in [1.54, 1.807) is 19.2 Å². The van der Waals surface area contributed by atoms with Crippen LogP contribution in [0.5, 0.6) is 5.75 Å². The lowest BCUT2D eigenvalue weighted by molar-refractivity contribution is -0.120. The average molecular weight is 283 g/mol. The fourth-order valence-corrected chi connectivity index (χ4v) is 2.65. The first-order chi connectivity index (χ1) is 10.2. The molecule has 0 atom stereocenters. The van der Waals surface area contributed by atoms with Gasteiger partial charge in [-0.25, -0.2) is 0 Å². The Hall–Kier alpha value is -2.29. The van der Waals surface area contributed by atoms with Crippen LogP contribution < -0.4 is 5.32 Å². The van der Waals surface area contributed by atoms with Crippen molar-refractivity contribution < 1.29 is 9.90 Å². The van der Waals surface area contributed by atoms with Gasteiger partial charge in [0.25, 0.3) is 0 Å². The minimum atomic E-state index is 0.0596. The first-order valence-electron chi connectivity index (χ1n) is 7.21. The van der Waals surface area contributed by atoms with Crippen LogP contribution in [0, 0.1) is 0 Å². The summed E-state index contributed by atoms with van der Waals surface area (Å²) in [4.78, 5) is 11.3. The number of aromatic hydroxyl groups is 1. The largest absolute Gasteiger partial charge is 0.508 e. The number of benzene rings is 2. The second-order valence-electron chi connectivity index (χ2n) is 5.10. The molecule has 0 radical (unpaired) electrons. The van der Waals surface area contributed by atoms with Crippen molar-refractivity contribution in [2.45, 2.75) is 25.7 Å². The molecule has 0 unspecified atom stereocenters. The quantitative estimate of drug-likeness (QED) is 0.799. The third-order valence-corrected chi connectivity index (χ3v) is 3.69. The molecule has 2 rings (SSSR count). The summed E-state index contributed by atoms with van der Waals surface area (Å²) < 4.78 is 0. The molecule has 1 amide bonds. The monoisotopic (exact) mass is 283 g/mol. The number of aryl methyl sites for hydroxylation is 1. The van der Waals surface area contributed by atoms with Gasteiger partial charge >= 0.3 is 0 Å². The third kappa shape index (κ3) is 3.43. The van der Waals surface area contributed by atoms with Crippen LogP contribution in [0.1, 0.15) is 24.0 Å². The smallest absolute Gasteiger partial charge is 0.219 e. The van der Waals surface area contributed by atoms with E-state index < -0.39 is 0 Å². The molecule has 0 aliphatic rings. The topological polar surface area (TPSA) is 49.3 Å². The maximum absolute atomic E-state index is 11.3. The standard InChI is InChI=1S/C18H21NO2/c1-3-6-15-16(20)12-11-14-8-4-7-13(18(14)15)9-5-10-17(21)19-2/h3-4,7-8,11-12,20H,1,5-6,9-10H2,2H3,(H,19,21). The molecule has 2 aromatic carbocycles. The summed E-state index contributed by atoms with van der Waals surface area (Å²) in [5.74, 6) is 0.366. The number of fused-ring (bicyclic) bond motifs is 1. The van der Waals surface area contributed by atoms with E-state index in [1.807, 2.05) is 18.2 Å². The zero-order valence-electron chi connectivity index (χ0n) is 12.4. The highest BCUT2D eigenvalue weighted by molar-refractivity contribution is 5.91. The number of hydrogen-bond acceptors (Lipinski definition) is 2. The first-order valence-corrected chi connectivity index (χ1v) is 7.21. The van der Waals surface area contributed by atoms with Gasteiger partial charge in [-0.2, -0.15) is 0 Å². The Kier molecular flexibility index (Phi) is 4.99. The van der Waals surface area contributed by atoms with Crippen molar-refractivity contribution in [3.8, 4) is 5.75 Å². The van der Waals surface area contributed by atoms with E-state index in [4.69, 9.17) is 0 Å². The summed E-state index contributed by atoms with van der Waals surface area (Å²) in [6, 6.07) is 9.79. The van der Waals surface area contributed by atoms with Gasteiger partial charge in [-0.3, -0.25) is 4.79 Å². The maximum Gasteiger partial charge on any atom is 0.219 e. The fraction of sp³-hybridized carbons (Fsp3) is 0.278. The molecule has 3 nitrogen and oxygen atoms in total. The van der Waals surface area contributed by atoms with Crippen LogP contribution >= 0.6 is 0 Å². The van der Waals surface area contributed by atoms with Gasteiger partial charge in [0.1, 0.15) is 5.75 Å². The Morgan fingerprint density at radius 1 is 1.33 bits per heavy atom. The lowest BCUT2D eigenvalue weighted by Gasteiger charge is -2.12. The van der Waals surface area contributed by atoms with Crippen LogP contribution in [-0.4, -0.2) is 18.1 Å². The Morgan fingerprint density at radius 3 is 2.86 bits per heavy atom. The molecule has 0 aliphatic heterocycles. The van der Waals surface area contributed by atoms with Gasteiger partial charge in [0.15, 0.2) is 0 Å². The van der Waals surface area contributed by atoms with E-state index >= 15 is 0 Å². The molecule has 0 saturated carbocycles. The average Bonchev–Trinajstić information content (AvgIpc) is 2.50. The van der Waals surface area contributed by atoms with E-state index in [0.717, 1.165) is 29.2 Å². The summed E-state index contributed by atoms with van der Waals surface area (Å²) in [7, 11) is 1.65. The van der Waals surface area contributed by atoms with Crippen LogP contribution in [0.15, 0.2) is 43.0 Å². The highest BCUT2D eigenvalue weighted by Gasteiger charge is 2.10. The van der Waals surface area contributed by atoms with Crippen molar-refractivity contribution in [3.63, 3.8) is 0 Å². The highest BCUT2D eigenvalue weighted by Crippen LogP contribution is 2.31. The van der Waals surface area contributed by atoms with Crippen molar-refractivity contribution in [1.82, 2.24) is 5.32 Å². The molecule has 3 heteroatoms. The lowest BCUT2D eigenvalue weighted by Crippen LogP contribution is -2.17. The predicted octanol–water partition coefficient (Wildman–Crippen LogP) is 3.34. The summed E-state index contributed by atoms with van der Waals surface area (Å²) in [5, 5.41) is 14.9. The van der Waals surface area contributed by atoms with Crippen LogP contribution in [0.2, 0.25) is 0 Å². The Bertz CT molecular complexity index is 662. The molecular weight excluding hydrogens is 262 g/mol. The predicted molar refractivity (Wildman–Crippen MR) is 86.5 cm³/mol. The maximum atomic E-state index is 11.3. The second kappa shape index (κ2) is 6.93. The third-order valence-electron chi connectivity index (χ3n) is 3.69. The normalized spacial score (nSPS) is 10.5. The molecule has 110 valence electrons. The summed E-state index contributed by atoms with van der Waals surface area (Å²) in [6.07, 6.45) is 4.56. The minimum Gasteiger partial charge on any atom is -0.508 e. The van der Waals surface area contributed by atoms with Crippen molar-refractivity contribution in [1.29, 1.82) is 0 Å². The Morgan fingerprint density at radius 2 is 2.14 bits per heavy atom. The minimum absolute atomic E-state index is 0.0596. The lowest BCUT2D eigenvalue weighted by atomic mass is 9.94. The van der Waals surface area contributed by atoms with Crippen LogP contribution in [0.3, 0.4) is 0 Å². The zero-order chi connectivity index (χ0) is 15.2. The van der Waals surface area contributed by atoms with Crippen LogP contribution in [-0.2, 0) is 17.6 Å². The van der Waals surface area contributed by atoms with Gasteiger partial charge in [-0.15, -0.1) is 6.58 Å². The van der Waals surface area contributed by atoms with Crippen LogP contribution in [0.25, 0.3) is 10.8 Å². The Labute approximate surface area is 125 Å². The number of carbonyl (C=O) groups excluding carboxylic acids is 1. The number of allylic oxidation sites excluding steroid dienone is 1. The molecule has 0 heterocycles. The van der Waals surface area contributed by atoms with E-state index in [-0.39, 0.29) is 5.91 Å². The van der Waals surface area contributed by atoms with Gasteiger partial charge in [0.2, 0.25) is 5.91 Å². The molecule has 0 spiro atoms. The molecule has 0 fully saturated rings. The first kappa shape index (κ1) is 15.1. The van der Waals surface area contributed by atoms with Crippen molar-refractivity contribution in [3.05, 3.63) is 54.1 Å². The summed E-state index contributed by atoms with van der Waals surface area (Å²) >= 11 is 0. The molecule has 0 bridgehead atoms. The van der Waals surface area contributed by atoms with Gasteiger partial charge in [-0.1, -0.05) is 30.3 Å². The van der Waals surface area contributed by atoms with Crippen molar-refractivity contribution in [2.24, 2.45) is 0 Å². The van der Waals surface area contributed by atoms with E-state index in [0.29, 0.717) is 18.6 Å². The number of phenols is 1. The van der Waals surface area contributed by atoms with Gasteiger partial charge in [-0.05, 0) is 41.7 Å². The number of hydrogen-bond donors (Lipinski definition) is 2. The number of carbonyl (C=O) groups is 1. The van der Waals surface area contributed by atoms with Gasteiger partial charge in [0.05, 0.1) is 0 Å². The number of amides is 1. The number of nitrogens with one attached hydrogen (secondary N) is 1. The van der Waals surface area contributed by atoms with Gasteiger partial charge in [0, 0.05) is 19.0 Å². The van der Waals surface area contributed by atoms with E-state index in [9.17, 15) is 9.90 Å². The Balaban J connectivity index is 2.36.